The van der Waals surface area contributed by atoms with Crippen molar-refractivity contribution in [1.29, 1.82) is 0 Å². The topological polar surface area (TPSA) is 78.0 Å². The van der Waals surface area contributed by atoms with Gasteiger partial charge in [0.05, 0.1) is 6.20 Å². The highest BCUT2D eigenvalue weighted by Crippen LogP contribution is 2.37. The van der Waals surface area contributed by atoms with Crippen molar-refractivity contribution in [2.75, 3.05) is 13.1 Å². The Bertz CT molecular complexity index is 953. The van der Waals surface area contributed by atoms with E-state index in [1.54, 1.807) is 4.57 Å². The van der Waals surface area contributed by atoms with Gasteiger partial charge in [-0.1, -0.05) is 6.42 Å². The minimum Gasteiger partial charge on any atom is -0.298 e. The van der Waals surface area contributed by atoms with Crippen LogP contribution in [0.2, 0.25) is 0 Å². The lowest BCUT2D eigenvalue weighted by Gasteiger charge is -2.25. The number of hydrogen-bond acceptors (Lipinski definition) is 5. The fourth-order valence-corrected chi connectivity index (χ4v) is 4.66. The van der Waals surface area contributed by atoms with Crippen molar-refractivity contribution in [2.24, 2.45) is 18.9 Å². The van der Waals surface area contributed by atoms with E-state index in [-0.39, 0.29) is 11.5 Å². The standard InChI is InChI=1S/C18H24N6O2/c1-21-6-13(5-19-21)7-22-9-14-10-23-16(15(14)11-22)20-24(18(26)17(23)25)8-12-3-2-4-12/h5-6,12,14-15H,2-4,7-11H2,1H3/t14-,15+/m0/s1. The molecule has 0 radical (unpaired) electrons. The molecule has 2 aromatic heterocycles. The van der Waals surface area contributed by atoms with Crippen LogP contribution < -0.4 is 11.1 Å². The van der Waals surface area contributed by atoms with E-state index in [0.717, 1.165) is 38.3 Å². The van der Waals surface area contributed by atoms with Gasteiger partial charge in [0.1, 0.15) is 5.82 Å². The Balaban J connectivity index is 1.39. The molecule has 2 aliphatic heterocycles. The van der Waals surface area contributed by atoms with Crippen LogP contribution in [0.1, 0.15) is 36.6 Å². The summed E-state index contributed by atoms with van der Waals surface area (Å²) >= 11 is 0. The van der Waals surface area contributed by atoms with Gasteiger partial charge < -0.3 is 0 Å². The molecule has 5 rings (SSSR count). The first kappa shape index (κ1) is 16.0. The number of aromatic nitrogens is 5. The highest BCUT2D eigenvalue weighted by Gasteiger charge is 2.42. The van der Waals surface area contributed by atoms with Gasteiger partial charge >= 0.3 is 11.1 Å². The van der Waals surface area contributed by atoms with Crippen LogP contribution >= 0.6 is 0 Å². The Morgan fingerprint density at radius 1 is 1.15 bits per heavy atom. The minimum absolute atomic E-state index is 0.243. The molecule has 0 N–H and O–H groups in total. The molecule has 1 saturated heterocycles. The second-order valence-corrected chi connectivity index (χ2v) is 8.14. The monoisotopic (exact) mass is 356 g/mol. The van der Waals surface area contributed by atoms with Gasteiger partial charge in [-0.25, -0.2) is 4.68 Å². The van der Waals surface area contributed by atoms with Crippen molar-refractivity contribution in [3.63, 3.8) is 0 Å². The van der Waals surface area contributed by atoms with Gasteiger partial charge in [-0.3, -0.25) is 23.7 Å². The fraction of sp³-hybridized carbons (Fsp3) is 0.667. The molecule has 2 atom stereocenters. The van der Waals surface area contributed by atoms with Crippen molar-refractivity contribution in [1.82, 2.24) is 29.0 Å². The van der Waals surface area contributed by atoms with Crippen molar-refractivity contribution >= 4 is 0 Å². The largest absolute Gasteiger partial charge is 0.332 e. The Hall–Kier alpha value is -2.22. The lowest BCUT2D eigenvalue weighted by molar-refractivity contribution is 0.256. The van der Waals surface area contributed by atoms with Crippen molar-refractivity contribution < 1.29 is 0 Å². The Morgan fingerprint density at radius 2 is 2.00 bits per heavy atom. The number of rotatable bonds is 4. The normalized spacial score (nSPS) is 25.3. The Kier molecular flexibility index (Phi) is 3.63. The smallest absolute Gasteiger partial charge is 0.298 e. The lowest BCUT2D eigenvalue weighted by atomic mass is 9.85. The zero-order valence-corrected chi connectivity index (χ0v) is 15.0. The van der Waals surface area contributed by atoms with Crippen LogP contribution in [0, 0.1) is 11.8 Å². The third-order valence-electron chi connectivity index (χ3n) is 6.25. The SMILES string of the molecule is Cn1cc(CN2C[C@H]3Cn4c(nn(CC5CCC5)c(=O)c4=O)[C@@H]3C2)cn1. The molecule has 1 aliphatic carbocycles. The number of likely N-dealkylation sites (tertiary alicyclic amines) is 1. The third-order valence-corrected chi connectivity index (χ3v) is 6.25. The first-order chi connectivity index (χ1) is 12.6. The van der Waals surface area contributed by atoms with Gasteiger partial charge in [-0.2, -0.15) is 10.2 Å². The highest BCUT2D eigenvalue weighted by atomic mass is 16.2. The number of hydrogen-bond donors (Lipinski definition) is 0. The third kappa shape index (κ3) is 2.55. The van der Waals surface area contributed by atoms with Crippen LogP contribution in [0.15, 0.2) is 22.0 Å². The fourth-order valence-electron chi connectivity index (χ4n) is 4.66. The molecule has 8 nitrogen and oxygen atoms in total. The van der Waals surface area contributed by atoms with E-state index in [4.69, 9.17) is 0 Å². The summed E-state index contributed by atoms with van der Waals surface area (Å²) in [5, 5.41) is 8.88. The summed E-state index contributed by atoms with van der Waals surface area (Å²) in [6, 6.07) is 0. The van der Waals surface area contributed by atoms with E-state index >= 15 is 0 Å². The van der Waals surface area contributed by atoms with E-state index in [9.17, 15) is 9.59 Å². The van der Waals surface area contributed by atoms with Crippen molar-refractivity contribution in [2.45, 2.75) is 44.8 Å². The number of aryl methyl sites for hydroxylation is 1. The van der Waals surface area contributed by atoms with Gasteiger partial charge in [0.2, 0.25) is 0 Å². The molecule has 0 bridgehead atoms. The summed E-state index contributed by atoms with van der Waals surface area (Å²) in [6.07, 6.45) is 7.44. The van der Waals surface area contributed by atoms with Crippen LogP contribution in [-0.4, -0.2) is 42.1 Å². The quantitative estimate of drug-likeness (QED) is 0.730. The molecule has 0 amide bonds. The summed E-state index contributed by atoms with van der Waals surface area (Å²) in [5.74, 6) is 1.93. The van der Waals surface area contributed by atoms with Crippen LogP contribution in [0.25, 0.3) is 0 Å². The van der Waals surface area contributed by atoms with E-state index in [1.165, 1.54) is 16.7 Å². The molecule has 8 heteroatoms. The molecular formula is C18H24N6O2. The molecule has 4 heterocycles. The number of nitrogens with zero attached hydrogens (tertiary/aromatic N) is 6. The second kappa shape index (κ2) is 5.90. The maximum Gasteiger partial charge on any atom is 0.332 e. The molecule has 0 spiro atoms. The molecule has 1 saturated carbocycles. The minimum atomic E-state index is -0.451. The van der Waals surface area contributed by atoms with Crippen molar-refractivity contribution in [3.05, 3.63) is 44.5 Å². The molecule has 2 fully saturated rings. The van der Waals surface area contributed by atoms with E-state index in [1.807, 2.05) is 24.1 Å². The maximum absolute atomic E-state index is 12.5. The van der Waals surface area contributed by atoms with E-state index < -0.39 is 5.56 Å². The predicted octanol–water partition coefficient (Wildman–Crippen LogP) is 0.168. The summed E-state index contributed by atoms with van der Waals surface area (Å²) in [7, 11) is 1.93. The average molecular weight is 356 g/mol. The summed E-state index contributed by atoms with van der Waals surface area (Å²) < 4.78 is 4.91. The Morgan fingerprint density at radius 3 is 2.69 bits per heavy atom. The van der Waals surface area contributed by atoms with Crippen LogP contribution in [0.4, 0.5) is 0 Å². The molecular weight excluding hydrogens is 332 g/mol. The average Bonchev–Trinajstić information content (AvgIpc) is 3.23. The molecule has 138 valence electrons. The first-order valence-corrected chi connectivity index (χ1v) is 9.50. The molecule has 0 aromatic carbocycles. The lowest BCUT2D eigenvalue weighted by Crippen LogP contribution is -2.45. The number of fused-ring (bicyclic) bond motifs is 3. The molecule has 0 unspecified atom stereocenters. The summed E-state index contributed by atoms with van der Waals surface area (Å²) in [6.45, 7) is 3.90. The summed E-state index contributed by atoms with van der Waals surface area (Å²) in [5.41, 5.74) is 0.364. The van der Waals surface area contributed by atoms with Crippen molar-refractivity contribution in [3.8, 4) is 0 Å². The zero-order valence-electron chi connectivity index (χ0n) is 15.0. The first-order valence-electron chi connectivity index (χ1n) is 9.50. The van der Waals surface area contributed by atoms with Gasteiger partial charge in [0, 0.05) is 63.4 Å². The van der Waals surface area contributed by atoms with E-state index in [0.29, 0.717) is 24.9 Å². The molecule has 26 heavy (non-hydrogen) atoms. The Labute approximate surface area is 151 Å². The van der Waals surface area contributed by atoms with Gasteiger partial charge in [-0.15, -0.1) is 0 Å². The molecule has 2 aromatic rings. The maximum atomic E-state index is 12.5. The van der Waals surface area contributed by atoms with Gasteiger partial charge in [-0.05, 0) is 18.8 Å². The summed E-state index contributed by atoms with van der Waals surface area (Å²) in [4.78, 5) is 27.3. The predicted molar refractivity (Wildman–Crippen MR) is 94.8 cm³/mol. The zero-order chi connectivity index (χ0) is 17.8. The van der Waals surface area contributed by atoms with Crippen LogP contribution in [-0.2, 0) is 26.7 Å². The molecule has 3 aliphatic rings. The highest BCUT2D eigenvalue weighted by molar-refractivity contribution is 5.13. The van der Waals surface area contributed by atoms with Crippen LogP contribution in [0.5, 0.6) is 0 Å². The van der Waals surface area contributed by atoms with Gasteiger partial charge in [0.25, 0.3) is 0 Å². The van der Waals surface area contributed by atoms with E-state index in [2.05, 4.69) is 15.1 Å². The van der Waals surface area contributed by atoms with Gasteiger partial charge in [0.15, 0.2) is 0 Å². The van der Waals surface area contributed by atoms with Crippen LogP contribution in [0.3, 0.4) is 0 Å². The second-order valence-electron chi connectivity index (χ2n) is 8.14.